The van der Waals surface area contributed by atoms with Crippen LogP contribution in [0.15, 0.2) is 12.1 Å². The molecular weight excluding hydrogens is 290 g/mol. The van der Waals surface area contributed by atoms with E-state index in [-0.39, 0.29) is 6.61 Å². The molecule has 1 saturated carbocycles. The summed E-state index contributed by atoms with van der Waals surface area (Å²) >= 11 is 0. The van der Waals surface area contributed by atoms with Crippen molar-refractivity contribution in [2.24, 2.45) is 0 Å². The molecule has 3 rings (SSSR count). The number of hydrogen-bond donors (Lipinski definition) is 1. The molecule has 1 N–H and O–H groups in total. The number of aromatic nitrogens is 2. The Balaban J connectivity index is 1.99. The van der Waals surface area contributed by atoms with Gasteiger partial charge in [-0.1, -0.05) is 0 Å². The van der Waals surface area contributed by atoms with Gasteiger partial charge in [0, 0.05) is 5.92 Å². The fraction of sp³-hybridized carbons (Fsp3) is 0.444. The molecule has 0 saturated heterocycles. The lowest BCUT2D eigenvalue weighted by Crippen LogP contribution is -2.07. The van der Waals surface area contributed by atoms with E-state index in [1.165, 1.54) is 0 Å². The molecule has 1 aliphatic carbocycles. The second-order valence-corrected chi connectivity index (χ2v) is 6.14. The lowest BCUT2D eigenvalue weighted by molar-refractivity contribution is 0.267. The maximum absolute atomic E-state index is 9.24. The third-order valence-electron chi connectivity index (χ3n) is 4.18. The van der Waals surface area contributed by atoms with E-state index in [0.29, 0.717) is 18.2 Å². The molecule has 1 aliphatic rings. The Labute approximate surface area is 136 Å². The van der Waals surface area contributed by atoms with Crippen molar-refractivity contribution in [3.63, 3.8) is 0 Å². The number of rotatable bonds is 5. The van der Waals surface area contributed by atoms with Crippen molar-refractivity contribution in [2.75, 3.05) is 6.61 Å². The Morgan fingerprint density at radius 2 is 1.96 bits per heavy atom. The Kier molecular flexibility index (Phi) is 4.10. The molecule has 0 bridgehead atoms. The normalized spacial score (nSPS) is 13.9. The summed E-state index contributed by atoms with van der Waals surface area (Å²) in [6.07, 6.45) is 2.28. The maximum atomic E-state index is 9.24. The smallest absolute Gasteiger partial charge is 0.193 e. The first-order valence-corrected chi connectivity index (χ1v) is 7.90. The Hall–Kier alpha value is -2.32. The van der Waals surface area contributed by atoms with Crippen molar-refractivity contribution in [1.82, 2.24) is 9.78 Å². The molecule has 1 heterocycles. The largest absolute Gasteiger partial charge is 0.454 e. The first-order valence-electron chi connectivity index (χ1n) is 7.90. The molecule has 23 heavy (non-hydrogen) atoms. The molecule has 1 fully saturated rings. The van der Waals surface area contributed by atoms with Crippen molar-refractivity contribution in [2.45, 2.75) is 46.1 Å². The van der Waals surface area contributed by atoms with Crippen LogP contribution in [0.5, 0.6) is 11.5 Å². The van der Waals surface area contributed by atoms with Gasteiger partial charge in [-0.15, -0.1) is 0 Å². The summed E-state index contributed by atoms with van der Waals surface area (Å²) in [4.78, 5) is 3.57. The van der Waals surface area contributed by atoms with Gasteiger partial charge in [0.15, 0.2) is 11.4 Å². The highest BCUT2D eigenvalue weighted by Gasteiger charge is 2.32. The number of aliphatic hydroxyl groups is 1. The average molecular weight is 311 g/mol. The van der Waals surface area contributed by atoms with E-state index in [1.807, 2.05) is 37.6 Å². The third-order valence-corrected chi connectivity index (χ3v) is 4.18. The summed E-state index contributed by atoms with van der Waals surface area (Å²) in [7, 11) is 0. The van der Waals surface area contributed by atoms with E-state index < -0.39 is 0 Å². The van der Waals surface area contributed by atoms with Gasteiger partial charge in [-0.25, -0.2) is 4.85 Å². The molecule has 0 amide bonds. The molecule has 0 radical (unpaired) electrons. The second kappa shape index (κ2) is 6.05. The number of ether oxygens (including phenoxy) is 1. The number of benzene rings is 1. The lowest BCUT2D eigenvalue weighted by atomic mass is 10.1. The zero-order chi connectivity index (χ0) is 16.6. The van der Waals surface area contributed by atoms with Gasteiger partial charge in [0.1, 0.15) is 11.4 Å². The maximum Gasteiger partial charge on any atom is 0.193 e. The van der Waals surface area contributed by atoms with Gasteiger partial charge in [0.05, 0.1) is 25.4 Å². The highest BCUT2D eigenvalue weighted by molar-refractivity contribution is 5.61. The Morgan fingerprint density at radius 1 is 1.30 bits per heavy atom. The van der Waals surface area contributed by atoms with Crippen molar-refractivity contribution < 1.29 is 9.84 Å². The third kappa shape index (κ3) is 2.95. The van der Waals surface area contributed by atoms with E-state index in [9.17, 15) is 5.11 Å². The number of nitrogens with zero attached hydrogens (tertiary/aromatic N) is 3. The molecule has 2 aromatic rings. The van der Waals surface area contributed by atoms with Crippen LogP contribution in [0.3, 0.4) is 0 Å². The van der Waals surface area contributed by atoms with E-state index >= 15 is 0 Å². The van der Waals surface area contributed by atoms with Crippen molar-refractivity contribution in [1.29, 1.82) is 0 Å². The van der Waals surface area contributed by atoms with Crippen molar-refractivity contribution in [3.8, 4) is 11.5 Å². The molecule has 120 valence electrons. The summed E-state index contributed by atoms with van der Waals surface area (Å²) in [5.74, 6) is 2.01. The average Bonchev–Trinajstić information content (AvgIpc) is 3.26. The minimum Gasteiger partial charge on any atom is -0.454 e. The Bertz CT molecular complexity index is 759. The van der Waals surface area contributed by atoms with Crippen LogP contribution in [0.4, 0.5) is 5.69 Å². The van der Waals surface area contributed by atoms with Crippen LogP contribution in [0.2, 0.25) is 0 Å². The van der Waals surface area contributed by atoms with Gasteiger partial charge < -0.3 is 9.84 Å². The number of aryl methyl sites for hydroxylation is 3. The molecule has 0 unspecified atom stereocenters. The summed E-state index contributed by atoms with van der Waals surface area (Å²) in [6.45, 7) is 13.6. The van der Waals surface area contributed by atoms with Gasteiger partial charge in [0.2, 0.25) is 0 Å². The van der Waals surface area contributed by atoms with E-state index in [1.54, 1.807) is 0 Å². The standard InChI is InChI=1S/C18H21N3O2/c1-11-9-15(10-12(2)16(11)19-4)23-18-13(3)20-21(7-8-22)17(18)14-5-6-14/h9-10,14,22H,5-8H2,1-3H3. The highest BCUT2D eigenvalue weighted by atomic mass is 16.5. The van der Waals surface area contributed by atoms with E-state index in [4.69, 9.17) is 11.3 Å². The molecule has 0 atom stereocenters. The summed E-state index contributed by atoms with van der Waals surface area (Å²) in [5, 5.41) is 13.8. The molecule has 0 spiro atoms. The quantitative estimate of drug-likeness (QED) is 0.848. The van der Waals surface area contributed by atoms with Crippen LogP contribution in [0, 0.1) is 27.3 Å². The van der Waals surface area contributed by atoms with Crippen LogP contribution >= 0.6 is 0 Å². The van der Waals surface area contributed by atoms with Gasteiger partial charge in [-0.2, -0.15) is 5.10 Å². The topological polar surface area (TPSA) is 51.6 Å². The first kappa shape index (κ1) is 15.6. The van der Waals surface area contributed by atoms with Crippen molar-refractivity contribution in [3.05, 3.63) is 46.1 Å². The zero-order valence-electron chi connectivity index (χ0n) is 13.8. The summed E-state index contributed by atoms with van der Waals surface area (Å²) in [6, 6.07) is 3.81. The predicted octanol–water partition coefficient (Wildman–Crippen LogP) is 4.02. The van der Waals surface area contributed by atoms with E-state index in [2.05, 4.69) is 9.94 Å². The van der Waals surface area contributed by atoms with Crippen LogP contribution in [0.25, 0.3) is 4.85 Å². The van der Waals surface area contributed by atoms with Gasteiger partial charge in [0.25, 0.3) is 0 Å². The first-order chi connectivity index (χ1) is 11.0. The van der Waals surface area contributed by atoms with Gasteiger partial charge in [-0.05, 0) is 56.9 Å². The number of aliphatic hydroxyl groups excluding tert-OH is 1. The van der Waals surface area contributed by atoms with Crippen LogP contribution < -0.4 is 4.74 Å². The molecule has 0 aliphatic heterocycles. The molecule has 5 heteroatoms. The highest BCUT2D eigenvalue weighted by Crippen LogP contribution is 2.46. The fourth-order valence-corrected chi connectivity index (χ4v) is 3.00. The minimum atomic E-state index is 0.0677. The SMILES string of the molecule is [C-]#[N+]c1c(C)cc(Oc2c(C)nn(CCO)c2C2CC2)cc1C. The number of hydrogen-bond acceptors (Lipinski definition) is 3. The lowest BCUT2D eigenvalue weighted by Gasteiger charge is -2.11. The predicted molar refractivity (Wildman–Crippen MR) is 88.3 cm³/mol. The minimum absolute atomic E-state index is 0.0677. The molecule has 1 aromatic heterocycles. The van der Waals surface area contributed by atoms with Gasteiger partial charge in [-0.3, -0.25) is 4.68 Å². The summed E-state index contributed by atoms with van der Waals surface area (Å²) < 4.78 is 8.03. The van der Waals surface area contributed by atoms with E-state index in [0.717, 1.165) is 46.9 Å². The monoisotopic (exact) mass is 311 g/mol. The zero-order valence-corrected chi connectivity index (χ0v) is 13.8. The van der Waals surface area contributed by atoms with Gasteiger partial charge >= 0.3 is 0 Å². The van der Waals surface area contributed by atoms with Crippen LogP contribution in [0.1, 0.15) is 41.3 Å². The molecular formula is C18H21N3O2. The Morgan fingerprint density at radius 3 is 2.48 bits per heavy atom. The fourth-order valence-electron chi connectivity index (χ4n) is 3.00. The van der Waals surface area contributed by atoms with Crippen molar-refractivity contribution >= 4 is 5.69 Å². The molecule has 5 nitrogen and oxygen atoms in total. The summed E-state index contributed by atoms with van der Waals surface area (Å²) in [5.41, 5.74) is 4.45. The second-order valence-electron chi connectivity index (χ2n) is 6.14. The van der Waals surface area contributed by atoms with Crippen LogP contribution in [-0.4, -0.2) is 21.5 Å². The molecule has 1 aromatic carbocycles. The van der Waals surface area contributed by atoms with Crippen LogP contribution in [-0.2, 0) is 6.54 Å².